The van der Waals surface area contributed by atoms with Crippen molar-refractivity contribution in [2.24, 2.45) is 0 Å². The molecule has 0 aliphatic carbocycles. The topological polar surface area (TPSA) is 33.3 Å². The molecule has 1 aliphatic heterocycles. The summed E-state index contributed by atoms with van der Waals surface area (Å²) in [4.78, 5) is 0. The second kappa shape index (κ2) is 9.81. The van der Waals surface area contributed by atoms with Gasteiger partial charge in [0.15, 0.2) is 18.9 Å². The molecule has 0 bridgehead atoms. The van der Waals surface area contributed by atoms with E-state index in [2.05, 4.69) is 111 Å². The zero-order valence-electron chi connectivity index (χ0n) is 21.8. The minimum Gasteiger partial charge on any atom is -0.507 e. The minimum absolute atomic E-state index is 0.292. The van der Waals surface area contributed by atoms with Crippen molar-refractivity contribution in [3.63, 3.8) is 0 Å². The average Bonchev–Trinajstić information content (AvgIpc) is 2.86. The van der Waals surface area contributed by atoms with E-state index in [1.54, 1.807) is 0 Å². The van der Waals surface area contributed by atoms with Crippen molar-refractivity contribution < 1.29 is 14.4 Å². The summed E-state index contributed by atoms with van der Waals surface area (Å²) in [6.07, 6.45) is 9.83. The first kappa shape index (κ1) is 24.1. The Morgan fingerprint density at radius 1 is 0.972 bits per heavy atom. The minimum atomic E-state index is -0.463. The second-order valence-electron chi connectivity index (χ2n) is 10.6. The van der Waals surface area contributed by atoms with E-state index in [-0.39, 0.29) is 0 Å². The van der Waals surface area contributed by atoms with Crippen molar-refractivity contribution in [1.29, 1.82) is 0 Å². The number of hydrogen-bond donors (Lipinski definition) is 1. The zero-order chi connectivity index (χ0) is 25.3. The number of aromatic hydroxyl groups is 1. The molecule has 2 heterocycles. The lowest BCUT2D eigenvalue weighted by molar-refractivity contribution is -0.688. The molecule has 3 aromatic carbocycles. The number of unbranched alkanes of at least 4 members (excludes halogenated alkanes) is 1. The molecule has 0 radical (unpaired) electrons. The van der Waals surface area contributed by atoms with E-state index in [0.717, 1.165) is 41.0 Å². The van der Waals surface area contributed by atoms with Gasteiger partial charge in [-0.3, -0.25) is 0 Å². The van der Waals surface area contributed by atoms with Gasteiger partial charge in [0.25, 0.3) is 0 Å². The number of phenols is 1. The van der Waals surface area contributed by atoms with Gasteiger partial charge in [-0.2, -0.15) is 0 Å². The van der Waals surface area contributed by atoms with E-state index in [1.165, 1.54) is 29.2 Å². The molecule has 1 unspecified atom stereocenters. The van der Waals surface area contributed by atoms with Gasteiger partial charge in [-0.15, -0.1) is 0 Å². The lowest BCUT2D eigenvalue weighted by Crippen LogP contribution is -2.33. The summed E-state index contributed by atoms with van der Waals surface area (Å²) < 4.78 is 8.55. The molecule has 3 nitrogen and oxygen atoms in total. The number of fused-ring (bicyclic) bond motifs is 2. The molecule has 1 aromatic heterocycles. The van der Waals surface area contributed by atoms with Crippen LogP contribution in [0.2, 0.25) is 0 Å². The number of rotatable bonds is 7. The van der Waals surface area contributed by atoms with Crippen LogP contribution in [-0.4, -0.2) is 10.7 Å². The van der Waals surface area contributed by atoms with Crippen molar-refractivity contribution in [1.82, 2.24) is 0 Å². The molecule has 0 amide bonds. The Morgan fingerprint density at radius 3 is 2.50 bits per heavy atom. The molecular weight excluding hydrogens is 442 g/mol. The average molecular weight is 479 g/mol. The Bertz CT molecular complexity index is 1410. The van der Waals surface area contributed by atoms with E-state index in [1.807, 2.05) is 6.07 Å². The summed E-state index contributed by atoms with van der Waals surface area (Å²) in [7, 11) is 0. The number of ether oxygens (including phenoxy) is 1. The van der Waals surface area contributed by atoms with Crippen LogP contribution in [0.5, 0.6) is 11.5 Å². The van der Waals surface area contributed by atoms with E-state index >= 15 is 0 Å². The van der Waals surface area contributed by atoms with E-state index in [4.69, 9.17) is 4.74 Å². The molecule has 0 saturated heterocycles. The number of aromatic nitrogens is 1. The third-order valence-corrected chi connectivity index (χ3v) is 7.23. The number of benzene rings is 3. The maximum absolute atomic E-state index is 11.1. The van der Waals surface area contributed by atoms with Crippen LogP contribution in [0.15, 0.2) is 85.2 Å². The van der Waals surface area contributed by atoms with Gasteiger partial charge in [-0.1, -0.05) is 69.2 Å². The zero-order valence-corrected chi connectivity index (χ0v) is 21.8. The highest BCUT2D eigenvalue weighted by Gasteiger charge is 2.30. The first-order valence-corrected chi connectivity index (χ1v) is 13.1. The molecule has 36 heavy (non-hydrogen) atoms. The molecule has 1 aliphatic rings. The van der Waals surface area contributed by atoms with Gasteiger partial charge in [0, 0.05) is 17.7 Å². The normalized spacial score (nSPS) is 15.2. The fourth-order valence-electron chi connectivity index (χ4n) is 5.26. The molecular formula is C33H36NO2+. The molecule has 1 N–H and O–H groups in total. The lowest BCUT2D eigenvalue weighted by atomic mass is 9.87. The predicted octanol–water partition coefficient (Wildman–Crippen LogP) is 7.78. The summed E-state index contributed by atoms with van der Waals surface area (Å²) in [5, 5.41) is 13.7. The quantitative estimate of drug-likeness (QED) is 0.275. The fraction of sp³-hybridized carbons (Fsp3) is 0.303. The van der Waals surface area contributed by atoms with Crippen molar-refractivity contribution in [3.05, 3.63) is 107 Å². The number of pyridine rings is 1. The molecule has 4 aromatic rings. The molecule has 0 saturated carbocycles. The monoisotopic (exact) mass is 478 g/mol. The van der Waals surface area contributed by atoms with Gasteiger partial charge >= 0.3 is 0 Å². The van der Waals surface area contributed by atoms with Crippen LogP contribution in [0.3, 0.4) is 0 Å². The number of nitrogens with zero attached hydrogens (tertiary/aromatic N) is 1. The molecule has 1 atom stereocenters. The first-order valence-electron chi connectivity index (χ1n) is 13.1. The van der Waals surface area contributed by atoms with Gasteiger partial charge < -0.3 is 9.84 Å². The Balaban J connectivity index is 1.47. The SMILES string of the molecule is CCCCC(C)c1cc(O)c2c(c1)OC(C)(C)C=C2c1cc[n+](Cc2cccc3ccccc23)cc1. The standard InChI is InChI=1S/C33H35NO2/c1-5-6-10-23(2)27-19-30(35)32-29(21-33(3,4)36-31(32)20-27)25-15-17-34(18-16-25)22-26-13-9-12-24-11-7-8-14-28(24)26/h7-9,11-21,23H,5-6,10,22H2,1-4H3/p+1. The van der Waals surface area contributed by atoms with Crippen LogP contribution in [-0.2, 0) is 6.54 Å². The summed E-state index contributed by atoms with van der Waals surface area (Å²) >= 11 is 0. The van der Waals surface area contributed by atoms with Crippen LogP contribution >= 0.6 is 0 Å². The van der Waals surface area contributed by atoms with Crippen molar-refractivity contribution in [3.8, 4) is 11.5 Å². The van der Waals surface area contributed by atoms with Gasteiger partial charge in [-0.05, 0) is 71.9 Å². The molecule has 184 valence electrons. The highest BCUT2D eigenvalue weighted by Crippen LogP contribution is 2.45. The van der Waals surface area contributed by atoms with Crippen LogP contribution in [0.4, 0.5) is 0 Å². The van der Waals surface area contributed by atoms with Crippen LogP contribution in [0.25, 0.3) is 16.3 Å². The number of phenolic OH excluding ortho intramolecular Hbond substituents is 1. The third kappa shape index (κ3) is 4.88. The molecule has 0 fully saturated rings. The van der Waals surface area contributed by atoms with Gasteiger partial charge in [0.2, 0.25) is 0 Å². The summed E-state index contributed by atoms with van der Waals surface area (Å²) in [5.41, 5.74) is 4.84. The van der Waals surface area contributed by atoms with Crippen molar-refractivity contribution >= 4 is 16.3 Å². The predicted molar refractivity (Wildman–Crippen MR) is 148 cm³/mol. The number of hydrogen-bond acceptors (Lipinski definition) is 2. The Hall–Kier alpha value is -3.59. The maximum Gasteiger partial charge on any atom is 0.174 e. The van der Waals surface area contributed by atoms with Gasteiger partial charge in [0.1, 0.15) is 17.1 Å². The molecule has 0 spiro atoms. The van der Waals surface area contributed by atoms with Crippen LogP contribution in [0, 0.1) is 0 Å². The van der Waals surface area contributed by atoms with E-state index in [0.29, 0.717) is 11.7 Å². The Labute approximate surface area is 214 Å². The van der Waals surface area contributed by atoms with Crippen molar-refractivity contribution in [2.75, 3.05) is 0 Å². The van der Waals surface area contributed by atoms with E-state index < -0.39 is 5.60 Å². The molecule has 5 rings (SSSR count). The first-order chi connectivity index (χ1) is 17.3. The highest BCUT2D eigenvalue weighted by atomic mass is 16.5. The Kier molecular flexibility index (Phi) is 6.57. The highest BCUT2D eigenvalue weighted by molar-refractivity contribution is 5.88. The Morgan fingerprint density at radius 2 is 1.72 bits per heavy atom. The summed E-state index contributed by atoms with van der Waals surface area (Å²) in [6, 6.07) is 23.3. The summed E-state index contributed by atoms with van der Waals surface area (Å²) in [5.74, 6) is 1.44. The smallest absolute Gasteiger partial charge is 0.174 e. The summed E-state index contributed by atoms with van der Waals surface area (Å²) in [6.45, 7) is 9.39. The van der Waals surface area contributed by atoms with Crippen molar-refractivity contribution in [2.45, 2.75) is 65.0 Å². The largest absolute Gasteiger partial charge is 0.507 e. The molecule has 3 heteroatoms. The van der Waals surface area contributed by atoms with Gasteiger partial charge in [0.05, 0.1) is 5.56 Å². The maximum atomic E-state index is 11.1. The van der Waals surface area contributed by atoms with Gasteiger partial charge in [-0.25, -0.2) is 4.57 Å². The lowest BCUT2D eigenvalue weighted by Gasteiger charge is -2.32. The van der Waals surface area contributed by atoms with Crippen LogP contribution < -0.4 is 9.30 Å². The van der Waals surface area contributed by atoms with E-state index in [9.17, 15) is 5.11 Å². The third-order valence-electron chi connectivity index (χ3n) is 7.23. The van der Waals surface area contributed by atoms with Crippen LogP contribution in [0.1, 0.15) is 75.1 Å². The fourth-order valence-corrected chi connectivity index (χ4v) is 5.26. The second-order valence-corrected chi connectivity index (χ2v) is 10.6.